The third-order valence-electron chi connectivity index (χ3n) is 2.31. The van der Waals surface area contributed by atoms with Gasteiger partial charge in [-0.3, -0.25) is 0 Å². The molecule has 0 spiro atoms. The molecule has 6 nitrogen and oxygen atoms in total. The second-order valence-corrected chi connectivity index (χ2v) is 5.43. The summed E-state index contributed by atoms with van der Waals surface area (Å²) in [6, 6.07) is 3.12. The van der Waals surface area contributed by atoms with Crippen LogP contribution in [0, 0.1) is 0 Å². The van der Waals surface area contributed by atoms with E-state index in [2.05, 4.69) is 10.3 Å². The van der Waals surface area contributed by atoms with E-state index in [1.165, 1.54) is 24.5 Å². The molecule has 0 radical (unpaired) electrons. The summed E-state index contributed by atoms with van der Waals surface area (Å²) in [6.07, 6.45) is 1.54. The molecule has 0 aliphatic carbocycles. The summed E-state index contributed by atoms with van der Waals surface area (Å²) in [4.78, 5) is 4.15. The fourth-order valence-corrected chi connectivity index (χ4v) is 2.59. The number of rotatable bonds is 6. The van der Waals surface area contributed by atoms with Crippen molar-refractivity contribution >= 4 is 15.8 Å². The molecule has 0 saturated carbocycles. The number of hydrogen-bond donors (Lipinski definition) is 1. The Morgan fingerprint density at radius 2 is 2.24 bits per heavy atom. The van der Waals surface area contributed by atoms with Crippen LogP contribution < -0.4 is 5.32 Å². The molecule has 7 heteroatoms. The van der Waals surface area contributed by atoms with Crippen molar-refractivity contribution in [2.45, 2.75) is 4.90 Å². The minimum absolute atomic E-state index is 0.168. The van der Waals surface area contributed by atoms with E-state index in [-0.39, 0.29) is 4.90 Å². The number of anilines is 1. The van der Waals surface area contributed by atoms with Gasteiger partial charge >= 0.3 is 0 Å². The largest absolute Gasteiger partial charge is 0.383 e. The molecule has 0 aliphatic heterocycles. The van der Waals surface area contributed by atoms with Crippen LogP contribution in [-0.4, -0.2) is 52.1 Å². The van der Waals surface area contributed by atoms with Crippen molar-refractivity contribution in [3.63, 3.8) is 0 Å². The van der Waals surface area contributed by atoms with Crippen LogP contribution >= 0.6 is 0 Å². The quantitative estimate of drug-likeness (QED) is 0.800. The number of nitrogens with zero attached hydrogens (tertiary/aromatic N) is 2. The Morgan fingerprint density at radius 3 is 2.82 bits per heavy atom. The van der Waals surface area contributed by atoms with Crippen LogP contribution in [0.25, 0.3) is 0 Å². The van der Waals surface area contributed by atoms with Crippen LogP contribution in [0.4, 0.5) is 5.82 Å². The third kappa shape index (κ3) is 3.15. The SMILES string of the molecule is CNc1ncccc1S(=O)(=O)N(C)CCOC. The Hall–Kier alpha value is -1.18. The number of likely N-dealkylation sites (N-methyl/N-ethyl adjacent to an activating group) is 1. The van der Waals surface area contributed by atoms with Gasteiger partial charge in [0.2, 0.25) is 10.0 Å². The summed E-state index contributed by atoms with van der Waals surface area (Å²) in [5, 5.41) is 2.76. The van der Waals surface area contributed by atoms with Crippen molar-refractivity contribution in [1.29, 1.82) is 0 Å². The fraction of sp³-hybridized carbons (Fsp3) is 0.500. The highest BCUT2D eigenvalue weighted by atomic mass is 32.2. The number of ether oxygens (including phenoxy) is 1. The maximum Gasteiger partial charge on any atom is 0.246 e. The van der Waals surface area contributed by atoms with E-state index in [4.69, 9.17) is 4.74 Å². The zero-order valence-corrected chi connectivity index (χ0v) is 11.0. The molecule has 0 unspecified atom stereocenters. The minimum atomic E-state index is -3.53. The highest BCUT2D eigenvalue weighted by Crippen LogP contribution is 2.20. The first-order chi connectivity index (χ1) is 8.04. The average molecular weight is 259 g/mol. The first-order valence-corrected chi connectivity index (χ1v) is 6.56. The second kappa shape index (κ2) is 5.95. The molecule has 0 aliphatic rings. The van der Waals surface area contributed by atoms with Gasteiger partial charge in [-0.25, -0.2) is 13.4 Å². The van der Waals surface area contributed by atoms with E-state index >= 15 is 0 Å². The second-order valence-electron chi connectivity index (χ2n) is 3.42. The molecular formula is C10H17N3O3S. The van der Waals surface area contributed by atoms with Gasteiger partial charge in [-0.1, -0.05) is 0 Å². The number of sulfonamides is 1. The van der Waals surface area contributed by atoms with Gasteiger partial charge in [0, 0.05) is 33.9 Å². The summed E-state index contributed by atoms with van der Waals surface area (Å²) in [6.45, 7) is 0.655. The van der Waals surface area contributed by atoms with Crippen LogP contribution in [0.5, 0.6) is 0 Å². The van der Waals surface area contributed by atoms with Crippen molar-refractivity contribution < 1.29 is 13.2 Å². The number of hydrogen-bond acceptors (Lipinski definition) is 5. The zero-order valence-electron chi connectivity index (χ0n) is 10.2. The van der Waals surface area contributed by atoms with Crippen LogP contribution in [-0.2, 0) is 14.8 Å². The summed E-state index contributed by atoms with van der Waals surface area (Å²) < 4.78 is 30.5. The highest BCUT2D eigenvalue weighted by Gasteiger charge is 2.23. The number of nitrogens with one attached hydrogen (secondary N) is 1. The number of aromatic nitrogens is 1. The maximum atomic E-state index is 12.2. The van der Waals surface area contributed by atoms with Crippen molar-refractivity contribution in [2.75, 3.05) is 39.7 Å². The lowest BCUT2D eigenvalue weighted by atomic mass is 10.5. The molecule has 1 rings (SSSR count). The molecule has 1 aromatic rings. The van der Waals surface area contributed by atoms with E-state index in [0.29, 0.717) is 19.0 Å². The lowest BCUT2D eigenvalue weighted by Crippen LogP contribution is -2.30. The summed E-state index contributed by atoms with van der Waals surface area (Å²) in [5.41, 5.74) is 0. The Balaban J connectivity index is 3.04. The molecule has 0 bridgehead atoms. The maximum absolute atomic E-state index is 12.2. The Kier molecular flexibility index (Phi) is 4.86. The van der Waals surface area contributed by atoms with E-state index in [0.717, 1.165) is 0 Å². The monoisotopic (exact) mass is 259 g/mol. The van der Waals surface area contributed by atoms with Crippen molar-refractivity contribution in [2.24, 2.45) is 0 Å². The summed E-state index contributed by atoms with van der Waals surface area (Å²) in [7, 11) is 1.16. The Labute approximate surface area is 102 Å². The van der Waals surface area contributed by atoms with Gasteiger partial charge in [0.25, 0.3) is 0 Å². The van der Waals surface area contributed by atoms with E-state index in [9.17, 15) is 8.42 Å². The number of pyridine rings is 1. The molecule has 0 atom stereocenters. The third-order valence-corrected chi connectivity index (χ3v) is 4.19. The van der Waals surface area contributed by atoms with E-state index in [1.807, 2.05) is 0 Å². The highest BCUT2D eigenvalue weighted by molar-refractivity contribution is 7.89. The molecule has 17 heavy (non-hydrogen) atoms. The minimum Gasteiger partial charge on any atom is -0.383 e. The van der Waals surface area contributed by atoms with Crippen molar-refractivity contribution in [1.82, 2.24) is 9.29 Å². The van der Waals surface area contributed by atoms with Gasteiger partial charge in [0.05, 0.1) is 6.61 Å². The average Bonchev–Trinajstić information content (AvgIpc) is 2.35. The smallest absolute Gasteiger partial charge is 0.246 e. The summed E-state index contributed by atoms with van der Waals surface area (Å²) in [5.74, 6) is 0.344. The van der Waals surface area contributed by atoms with Crippen molar-refractivity contribution in [3.8, 4) is 0 Å². The normalized spacial score (nSPS) is 11.8. The first kappa shape index (κ1) is 13.9. The van der Waals surface area contributed by atoms with Crippen molar-refractivity contribution in [3.05, 3.63) is 18.3 Å². The molecule has 1 aromatic heterocycles. The van der Waals surface area contributed by atoms with Crippen LogP contribution in [0.3, 0.4) is 0 Å². The molecule has 0 amide bonds. The Bertz CT molecular complexity index is 462. The zero-order chi connectivity index (χ0) is 12.9. The lowest BCUT2D eigenvalue weighted by molar-refractivity contribution is 0.185. The molecule has 0 saturated heterocycles. The predicted molar refractivity (Wildman–Crippen MR) is 65.5 cm³/mol. The molecule has 1 heterocycles. The van der Waals surface area contributed by atoms with Gasteiger partial charge in [-0.05, 0) is 12.1 Å². The van der Waals surface area contributed by atoms with Gasteiger partial charge in [-0.15, -0.1) is 0 Å². The van der Waals surface area contributed by atoms with Gasteiger partial charge in [-0.2, -0.15) is 4.31 Å². The molecule has 0 aromatic carbocycles. The standard InChI is InChI=1S/C10H17N3O3S/c1-11-10-9(5-4-6-12-10)17(14,15)13(2)7-8-16-3/h4-6H,7-8H2,1-3H3,(H,11,12). The first-order valence-electron chi connectivity index (χ1n) is 5.12. The van der Waals surface area contributed by atoms with Gasteiger partial charge in [0.15, 0.2) is 0 Å². The van der Waals surface area contributed by atoms with E-state index < -0.39 is 10.0 Å². The van der Waals surface area contributed by atoms with Crippen LogP contribution in [0.1, 0.15) is 0 Å². The van der Waals surface area contributed by atoms with Gasteiger partial charge < -0.3 is 10.1 Å². The topological polar surface area (TPSA) is 71.5 Å². The lowest BCUT2D eigenvalue weighted by Gasteiger charge is -2.18. The molecule has 96 valence electrons. The van der Waals surface area contributed by atoms with Gasteiger partial charge in [0.1, 0.15) is 10.7 Å². The van der Waals surface area contributed by atoms with Crippen LogP contribution in [0.2, 0.25) is 0 Å². The number of methoxy groups -OCH3 is 1. The molecule has 0 fully saturated rings. The summed E-state index contributed by atoms with van der Waals surface area (Å²) >= 11 is 0. The van der Waals surface area contributed by atoms with Crippen LogP contribution in [0.15, 0.2) is 23.2 Å². The predicted octanol–water partition coefficient (Wildman–Crippen LogP) is 0.390. The fourth-order valence-electron chi connectivity index (χ4n) is 1.29. The van der Waals surface area contributed by atoms with E-state index in [1.54, 1.807) is 19.3 Å². The molecule has 1 N–H and O–H groups in total. The molecular weight excluding hydrogens is 242 g/mol. The Morgan fingerprint density at radius 1 is 1.53 bits per heavy atom.